The highest BCUT2D eigenvalue weighted by molar-refractivity contribution is 9.10. The number of rotatable bonds is 5. The molecule has 3 heteroatoms. The molecule has 1 fully saturated rings. The molecule has 1 atom stereocenters. The number of nitrogens with zero attached hydrogens (tertiary/aromatic N) is 1. The van der Waals surface area contributed by atoms with E-state index in [2.05, 4.69) is 59.9 Å². The molecule has 1 aliphatic rings. The zero-order valence-corrected chi connectivity index (χ0v) is 15.2. The van der Waals surface area contributed by atoms with Gasteiger partial charge in [0.15, 0.2) is 0 Å². The minimum Gasteiger partial charge on any atom is -0.371 e. The predicted octanol–water partition coefficient (Wildman–Crippen LogP) is 4.74. The van der Waals surface area contributed by atoms with Crippen LogP contribution >= 0.6 is 15.9 Å². The van der Waals surface area contributed by atoms with E-state index in [1.165, 1.54) is 47.8 Å². The molecule has 0 radical (unpaired) electrons. The van der Waals surface area contributed by atoms with E-state index < -0.39 is 0 Å². The van der Waals surface area contributed by atoms with Crippen molar-refractivity contribution in [2.24, 2.45) is 11.7 Å². The molecule has 118 valence electrons. The molecule has 0 spiro atoms. The highest BCUT2D eigenvalue weighted by Crippen LogP contribution is 2.34. The van der Waals surface area contributed by atoms with Crippen LogP contribution < -0.4 is 10.6 Å². The summed E-state index contributed by atoms with van der Waals surface area (Å²) in [6.07, 6.45) is 7.68. The quantitative estimate of drug-likeness (QED) is 0.828. The summed E-state index contributed by atoms with van der Waals surface area (Å²) in [6.45, 7) is 4.38. The van der Waals surface area contributed by atoms with Gasteiger partial charge < -0.3 is 10.6 Å². The van der Waals surface area contributed by atoms with Crippen molar-refractivity contribution in [3.05, 3.63) is 28.2 Å². The predicted molar refractivity (Wildman–Crippen MR) is 95.9 cm³/mol. The molecular weight excluding hydrogens is 324 g/mol. The summed E-state index contributed by atoms with van der Waals surface area (Å²) in [4.78, 5) is 2.46. The van der Waals surface area contributed by atoms with E-state index >= 15 is 0 Å². The van der Waals surface area contributed by atoms with Crippen LogP contribution in [-0.2, 0) is 6.42 Å². The Morgan fingerprint density at radius 1 is 1.29 bits per heavy atom. The van der Waals surface area contributed by atoms with Crippen LogP contribution in [0.15, 0.2) is 22.7 Å². The van der Waals surface area contributed by atoms with Crippen molar-refractivity contribution in [1.82, 2.24) is 0 Å². The van der Waals surface area contributed by atoms with Crippen molar-refractivity contribution in [2.45, 2.75) is 64.5 Å². The van der Waals surface area contributed by atoms with Gasteiger partial charge >= 0.3 is 0 Å². The lowest BCUT2D eigenvalue weighted by Gasteiger charge is -2.36. The maximum Gasteiger partial charge on any atom is 0.0510 e. The molecule has 1 aliphatic carbocycles. The molecule has 2 nitrogen and oxygen atoms in total. The summed E-state index contributed by atoms with van der Waals surface area (Å²) >= 11 is 3.75. The lowest BCUT2D eigenvalue weighted by atomic mass is 9.84. The van der Waals surface area contributed by atoms with Crippen molar-refractivity contribution >= 4 is 21.6 Å². The van der Waals surface area contributed by atoms with E-state index in [1.807, 2.05) is 0 Å². The molecule has 0 aliphatic heterocycles. The Hall–Kier alpha value is -0.540. The van der Waals surface area contributed by atoms with Crippen LogP contribution in [0.3, 0.4) is 0 Å². The van der Waals surface area contributed by atoms with Gasteiger partial charge in [0.2, 0.25) is 0 Å². The molecule has 0 heterocycles. The molecule has 2 N–H and O–H groups in total. The number of halogens is 1. The molecule has 1 aromatic rings. The van der Waals surface area contributed by atoms with Gasteiger partial charge in [-0.3, -0.25) is 0 Å². The minimum absolute atomic E-state index is 0.213. The first-order valence-electron chi connectivity index (χ1n) is 8.28. The Balaban J connectivity index is 2.04. The fourth-order valence-corrected chi connectivity index (χ4v) is 4.18. The molecule has 2 rings (SSSR count). The van der Waals surface area contributed by atoms with Gasteiger partial charge in [-0.2, -0.15) is 0 Å². The van der Waals surface area contributed by atoms with Gasteiger partial charge in [0, 0.05) is 23.6 Å². The van der Waals surface area contributed by atoms with Gasteiger partial charge in [-0.05, 0) is 78.6 Å². The number of hydrogen-bond donors (Lipinski definition) is 1. The maximum atomic E-state index is 5.89. The van der Waals surface area contributed by atoms with Crippen LogP contribution in [-0.4, -0.2) is 19.1 Å². The number of anilines is 1. The zero-order valence-electron chi connectivity index (χ0n) is 13.6. The largest absolute Gasteiger partial charge is 0.371 e. The van der Waals surface area contributed by atoms with E-state index in [-0.39, 0.29) is 6.04 Å². The van der Waals surface area contributed by atoms with Crippen molar-refractivity contribution in [3.8, 4) is 0 Å². The highest BCUT2D eigenvalue weighted by Gasteiger charge is 2.24. The monoisotopic (exact) mass is 352 g/mol. The van der Waals surface area contributed by atoms with Crippen LogP contribution in [0.1, 0.15) is 51.5 Å². The number of benzene rings is 1. The Kier molecular flexibility index (Phi) is 6.12. The van der Waals surface area contributed by atoms with Gasteiger partial charge in [-0.1, -0.05) is 19.4 Å². The molecule has 0 aromatic heterocycles. The Morgan fingerprint density at radius 3 is 2.48 bits per heavy atom. The van der Waals surface area contributed by atoms with E-state index in [0.29, 0.717) is 6.04 Å². The first-order valence-corrected chi connectivity index (χ1v) is 9.07. The number of hydrogen-bond acceptors (Lipinski definition) is 2. The van der Waals surface area contributed by atoms with Crippen LogP contribution in [0.2, 0.25) is 0 Å². The molecule has 1 aromatic carbocycles. The van der Waals surface area contributed by atoms with Crippen LogP contribution in [0.5, 0.6) is 0 Å². The van der Waals surface area contributed by atoms with Gasteiger partial charge in [-0.15, -0.1) is 0 Å². The number of nitrogens with two attached hydrogens (primary N) is 1. The summed E-state index contributed by atoms with van der Waals surface area (Å²) in [7, 11) is 2.24. The molecule has 21 heavy (non-hydrogen) atoms. The van der Waals surface area contributed by atoms with Gasteiger partial charge in [-0.25, -0.2) is 0 Å². The second kappa shape index (κ2) is 7.64. The SMILES string of the molecule is CCC1CCC(N(C)c2ccc(CC(C)N)cc2Br)CC1. The highest BCUT2D eigenvalue weighted by atomic mass is 79.9. The summed E-state index contributed by atoms with van der Waals surface area (Å²) in [5.74, 6) is 0.950. The van der Waals surface area contributed by atoms with Crippen molar-refractivity contribution in [2.75, 3.05) is 11.9 Å². The molecule has 1 unspecified atom stereocenters. The average Bonchev–Trinajstić information content (AvgIpc) is 2.46. The second-order valence-electron chi connectivity index (χ2n) is 6.66. The summed E-state index contributed by atoms with van der Waals surface area (Å²) in [5.41, 5.74) is 8.51. The molecule has 0 bridgehead atoms. The Morgan fingerprint density at radius 2 is 1.95 bits per heavy atom. The smallest absolute Gasteiger partial charge is 0.0510 e. The zero-order chi connectivity index (χ0) is 15.4. The third-order valence-electron chi connectivity index (χ3n) is 4.89. The first kappa shape index (κ1) is 16.8. The second-order valence-corrected chi connectivity index (χ2v) is 7.52. The van der Waals surface area contributed by atoms with Crippen molar-refractivity contribution in [1.29, 1.82) is 0 Å². The molecule has 0 amide bonds. The minimum atomic E-state index is 0.213. The fourth-order valence-electron chi connectivity index (χ4n) is 3.47. The van der Waals surface area contributed by atoms with Crippen LogP contribution in [0, 0.1) is 5.92 Å². The summed E-state index contributed by atoms with van der Waals surface area (Å²) in [6, 6.07) is 7.59. The first-order chi connectivity index (χ1) is 10.0. The summed E-state index contributed by atoms with van der Waals surface area (Å²) < 4.78 is 1.20. The topological polar surface area (TPSA) is 29.3 Å². The Bertz CT molecular complexity index is 451. The van der Waals surface area contributed by atoms with Crippen LogP contribution in [0.25, 0.3) is 0 Å². The molecular formula is C18H29BrN2. The van der Waals surface area contributed by atoms with E-state index in [0.717, 1.165) is 12.3 Å². The third-order valence-corrected chi connectivity index (χ3v) is 5.53. The third kappa shape index (κ3) is 4.46. The molecule has 0 saturated heterocycles. The fraction of sp³-hybridized carbons (Fsp3) is 0.667. The normalized spacial score (nSPS) is 23.9. The summed E-state index contributed by atoms with van der Waals surface area (Å²) in [5, 5.41) is 0. The van der Waals surface area contributed by atoms with E-state index in [9.17, 15) is 0 Å². The maximum absolute atomic E-state index is 5.89. The van der Waals surface area contributed by atoms with Gasteiger partial charge in [0.25, 0.3) is 0 Å². The molecule has 1 saturated carbocycles. The standard InChI is InChI=1S/C18H29BrN2/c1-4-14-5-8-16(9-6-14)21(3)18-10-7-15(11-13(2)20)12-17(18)19/h7,10,12-14,16H,4-6,8-9,11,20H2,1-3H3. The van der Waals surface area contributed by atoms with Gasteiger partial charge in [0.1, 0.15) is 0 Å². The Labute approximate surface area is 138 Å². The average molecular weight is 353 g/mol. The lowest BCUT2D eigenvalue weighted by molar-refractivity contribution is 0.313. The lowest BCUT2D eigenvalue weighted by Crippen LogP contribution is -2.35. The van der Waals surface area contributed by atoms with Gasteiger partial charge in [0.05, 0.1) is 5.69 Å². The van der Waals surface area contributed by atoms with E-state index in [1.54, 1.807) is 0 Å². The van der Waals surface area contributed by atoms with Crippen molar-refractivity contribution in [3.63, 3.8) is 0 Å². The van der Waals surface area contributed by atoms with Crippen LogP contribution in [0.4, 0.5) is 5.69 Å². The van der Waals surface area contributed by atoms with Crippen molar-refractivity contribution < 1.29 is 0 Å². The van der Waals surface area contributed by atoms with E-state index in [4.69, 9.17) is 5.73 Å².